The van der Waals surface area contributed by atoms with E-state index in [1.807, 2.05) is 42.2 Å². The van der Waals surface area contributed by atoms with Crippen molar-refractivity contribution >= 4 is 17.7 Å². The van der Waals surface area contributed by atoms with E-state index in [1.165, 1.54) is 0 Å². The van der Waals surface area contributed by atoms with Crippen LogP contribution >= 0.6 is 0 Å². The van der Waals surface area contributed by atoms with Crippen LogP contribution in [0.15, 0.2) is 35.3 Å². The van der Waals surface area contributed by atoms with Crippen LogP contribution in [0.1, 0.15) is 31.5 Å². The lowest BCUT2D eigenvalue weighted by atomic mass is 10.1. The predicted octanol–water partition coefficient (Wildman–Crippen LogP) is 1.39. The molecule has 0 saturated carbocycles. The number of para-hydroxylation sites is 1. The number of nitrogens with two attached hydrogens (primary N) is 1. The molecule has 164 valence electrons. The summed E-state index contributed by atoms with van der Waals surface area (Å²) in [6.45, 7) is 7.99. The molecule has 2 heterocycles. The second-order valence-electron chi connectivity index (χ2n) is 7.40. The molecule has 1 saturated heterocycles. The lowest BCUT2D eigenvalue weighted by Gasteiger charge is -2.36. The molecule has 3 N–H and O–H groups in total. The van der Waals surface area contributed by atoms with Gasteiger partial charge in [-0.05, 0) is 31.9 Å². The molecular weight excluding hydrogens is 392 g/mol. The number of nitrogens with zero attached hydrogens (tertiary/aromatic N) is 6. The van der Waals surface area contributed by atoms with E-state index in [1.54, 1.807) is 11.6 Å². The molecular formula is C22H30N8O. The quantitative estimate of drug-likeness (QED) is 0.413. The number of aryl methyl sites for hydroxylation is 1. The van der Waals surface area contributed by atoms with Gasteiger partial charge in [-0.2, -0.15) is 10.4 Å². The van der Waals surface area contributed by atoms with Gasteiger partial charge in [-0.25, -0.2) is 4.68 Å². The summed E-state index contributed by atoms with van der Waals surface area (Å²) in [7, 11) is 0. The first-order valence-electron chi connectivity index (χ1n) is 10.7. The Kier molecular flexibility index (Phi) is 7.49. The number of benzene rings is 1. The fourth-order valence-electron chi connectivity index (χ4n) is 3.63. The summed E-state index contributed by atoms with van der Waals surface area (Å²) >= 11 is 0. The van der Waals surface area contributed by atoms with Crippen molar-refractivity contribution in [3.63, 3.8) is 0 Å². The standard InChI is InChI=1S/C22H30N8O/c1-3-25-22(29-14-12-28(13-15-29)17(2)31)26-11-7-10-20-19(16-23)21(24)30(27-20)18-8-5-4-6-9-18/h4-6,8-9H,3,7,10-15,24H2,1-2H3,(H,25,26). The van der Waals surface area contributed by atoms with Crippen LogP contribution in [-0.4, -0.2) is 70.7 Å². The predicted molar refractivity (Wildman–Crippen MR) is 121 cm³/mol. The zero-order chi connectivity index (χ0) is 22.2. The third-order valence-electron chi connectivity index (χ3n) is 5.30. The van der Waals surface area contributed by atoms with Crippen molar-refractivity contribution in [3.8, 4) is 11.8 Å². The molecule has 9 heteroatoms. The number of nitriles is 1. The van der Waals surface area contributed by atoms with Gasteiger partial charge in [0.25, 0.3) is 0 Å². The maximum Gasteiger partial charge on any atom is 0.219 e. The van der Waals surface area contributed by atoms with Gasteiger partial charge in [0.2, 0.25) is 5.91 Å². The third-order valence-corrected chi connectivity index (χ3v) is 5.30. The topological polar surface area (TPSA) is 116 Å². The van der Waals surface area contributed by atoms with Crippen molar-refractivity contribution < 1.29 is 4.79 Å². The Bertz CT molecular complexity index is 952. The van der Waals surface area contributed by atoms with Gasteiger partial charge in [-0.3, -0.25) is 9.79 Å². The highest BCUT2D eigenvalue weighted by atomic mass is 16.2. The van der Waals surface area contributed by atoms with Crippen molar-refractivity contribution in [1.29, 1.82) is 5.26 Å². The van der Waals surface area contributed by atoms with Crippen LogP contribution in [0.5, 0.6) is 0 Å². The largest absolute Gasteiger partial charge is 0.382 e. The summed E-state index contributed by atoms with van der Waals surface area (Å²) in [5.41, 5.74) is 8.13. The molecule has 0 unspecified atom stereocenters. The first-order valence-corrected chi connectivity index (χ1v) is 10.7. The highest BCUT2D eigenvalue weighted by molar-refractivity contribution is 5.80. The van der Waals surface area contributed by atoms with Gasteiger partial charge in [0.05, 0.1) is 11.4 Å². The summed E-state index contributed by atoms with van der Waals surface area (Å²) in [5.74, 6) is 1.34. The average molecular weight is 423 g/mol. The summed E-state index contributed by atoms with van der Waals surface area (Å²) in [4.78, 5) is 20.3. The highest BCUT2D eigenvalue weighted by Gasteiger charge is 2.21. The smallest absolute Gasteiger partial charge is 0.219 e. The molecule has 1 amide bonds. The molecule has 0 spiro atoms. The number of carbonyl (C=O) groups is 1. The molecule has 2 aromatic rings. The number of aromatic nitrogens is 2. The summed E-state index contributed by atoms with van der Waals surface area (Å²) in [6.07, 6.45) is 1.37. The van der Waals surface area contributed by atoms with Gasteiger partial charge >= 0.3 is 0 Å². The number of nitrogens with one attached hydrogen (secondary N) is 1. The highest BCUT2D eigenvalue weighted by Crippen LogP contribution is 2.21. The van der Waals surface area contributed by atoms with Gasteiger partial charge < -0.3 is 20.9 Å². The molecule has 3 rings (SSSR count). The summed E-state index contributed by atoms with van der Waals surface area (Å²) in [5, 5.41) is 17.5. The molecule has 0 atom stereocenters. The van der Waals surface area contributed by atoms with Crippen LogP contribution < -0.4 is 11.1 Å². The number of nitrogen functional groups attached to an aromatic ring is 1. The molecule has 1 aliphatic heterocycles. The lowest BCUT2D eigenvalue weighted by molar-refractivity contribution is -0.130. The van der Waals surface area contributed by atoms with E-state index in [-0.39, 0.29) is 5.91 Å². The van der Waals surface area contributed by atoms with E-state index in [9.17, 15) is 10.1 Å². The second-order valence-corrected chi connectivity index (χ2v) is 7.40. The molecule has 31 heavy (non-hydrogen) atoms. The number of amides is 1. The molecule has 9 nitrogen and oxygen atoms in total. The third kappa shape index (κ3) is 5.34. The number of hydrogen-bond acceptors (Lipinski definition) is 5. The van der Waals surface area contributed by atoms with Gasteiger partial charge in [-0.1, -0.05) is 18.2 Å². The Hall–Kier alpha value is -3.54. The minimum absolute atomic E-state index is 0.115. The fraction of sp³-hybridized carbons (Fsp3) is 0.455. The van der Waals surface area contributed by atoms with Crippen molar-refractivity contribution in [2.75, 3.05) is 45.0 Å². The maximum atomic E-state index is 11.5. The van der Waals surface area contributed by atoms with Crippen LogP contribution in [-0.2, 0) is 11.2 Å². The summed E-state index contributed by atoms with van der Waals surface area (Å²) in [6, 6.07) is 11.8. The van der Waals surface area contributed by atoms with Crippen LogP contribution in [0.25, 0.3) is 5.69 Å². The van der Waals surface area contributed by atoms with Gasteiger partial charge in [0, 0.05) is 46.2 Å². The Morgan fingerprint density at radius 3 is 2.52 bits per heavy atom. The van der Waals surface area contributed by atoms with E-state index in [0.29, 0.717) is 43.1 Å². The van der Waals surface area contributed by atoms with E-state index in [0.717, 1.165) is 37.7 Å². The van der Waals surface area contributed by atoms with Crippen molar-refractivity contribution in [3.05, 3.63) is 41.6 Å². The Balaban J connectivity index is 1.63. The Labute approximate surface area is 183 Å². The average Bonchev–Trinajstić information content (AvgIpc) is 3.11. The van der Waals surface area contributed by atoms with Crippen molar-refractivity contribution in [2.24, 2.45) is 4.99 Å². The van der Waals surface area contributed by atoms with Gasteiger partial charge in [0.1, 0.15) is 17.5 Å². The number of aliphatic imine (C=N–C) groups is 1. The van der Waals surface area contributed by atoms with Crippen LogP contribution in [0.4, 0.5) is 5.82 Å². The molecule has 1 aromatic carbocycles. The Morgan fingerprint density at radius 2 is 1.90 bits per heavy atom. The van der Waals surface area contributed by atoms with E-state index >= 15 is 0 Å². The zero-order valence-corrected chi connectivity index (χ0v) is 18.2. The fourth-order valence-corrected chi connectivity index (χ4v) is 3.63. The maximum absolute atomic E-state index is 11.5. The van der Waals surface area contributed by atoms with Crippen LogP contribution in [0, 0.1) is 11.3 Å². The number of hydrogen-bond donors (Lipinski definition) is 2. The molecule has 1 aromatic heterocycles. The zero-order valence-electron chi connectivity index (χ0n) is 18.2. The first-order chi connectivity index (χ1) is 15.0. The number of rotatable bonds is 6. The molecule has 0 radical (unpaired) electrons. The molecule has 0 bridgehead atoms. The van der Waals surface area contributed by atoms with E-state index < -0.39 is 0 Å². The van der Waals surface area contributed by atoms with Crippen molar-refractivity contribution in [2.45, 2.75) is 26.7 Å². The van der Waals surface area contributed by atoms with Gasteiger partial charge in [-0.15, -0.1) is 0 Å². The van der Waals surface area contributed by atoms with Crippen LogP contribution in [0.3, 0.4) is 0 Å². The minimum Gasteiger partial charge on any atom is -0.382 e. The monoisotopic (exact) mass is 422 g/mol. The number of guanidine groups is 1. The molecule has 1 aliphatic rings. The lowest BCUT2D eigenvalue weighted by Crippen LogP contribution is -2.53. The van der Waals surface area contributed by atoms with E-state index in [2.05, 4.69) is 21.4 Å². The number of anilines is 1. The molecule has 0 aliphatic carbocycles. The summed E-state index contributed by atoms with van der Waals surface area (Å²) < 4.78 is 1.62. The second kappa shape index (κ2) is 10.5. The number of carbonyl (C=O) groups excluding carboxylic acids is 1. The normalized spacial score (nSPS) is 14.4. The minimum atomic E-state index is 0.115. The Morgan fingerprint density at radius 1 is 1.23 bits per heavy atom. The van der Waals surface area contributed by atoms with Crippen molar-refractivity contribution in [1.82, 2.24) is 24.9 Å². The number of piperazine rings is 1. The van der Waals surface area contributed by atoms with Gasteiger partial charge in [0.15, 0.2) is 5.96 Å². The van der Waals surface area contributed by atoms with E-state index in [4.69, 9.17) is 10.7 Å². The molecule has 1 fully saturated rings. The SMILES string of the molecule is CCNC(=NCCCc1nn(-c2ccccc2)c(N)c1C#N)N1CCN(C(C)=O)CC1. The van der Waals surface area contributed by atoms with Crippen LogP contribution in [0.2, 0.25) is 0 Å². The first kappa shape index (κ1) is 22.2.